The van der Waals surface area contributed by atoms with E-state index in [1.165, 1.54) is 12.1 Å². The van der Waals surface area contributed by atoms with Crippen molar-refractivity contribution in [3.8, 4) is 0 Å². The smallest absolute Gasteiger partial charge is 0.220 e. The molecule has 4 nitrogen and oxygen atoms in total. The van der Waals surface area contributed by atoms with E-state index in [4.69, 9.17) is 0 Å². The lowest BCUT2D eigenvalue weighted by Crippen LogP contribution is -2.37. The van der Waals surface area contributed by atoms with Crippen molar-refractivity contribution in [1.29, 1.82) is 0 Å². The third-order valence-corrected chi connectivity index (χ3v) is 4.23. The predicted octanol–water partition coefficient (Wildman–Crippen LogP) is 2.80. The second-order valence-electron chi connectivity index (χ2n) is 6.00. The van der Waals surface area contributed by atoms with Gasteiger partial charge in [-0.15, -0.1) is 0 Å². The van der Waals surface area contributed by atoms with Crippen LogP contribution in [0, 0.1) is 5.82 Å². The number of carbonyl (C=O) groups excluding carboxylic acids is 1. The first-order chi connectivity index (χ1) is 11.2. The fourth-order valence-electron chi connectivity index (χ4n) is 3.01. The molecule has 1 saturated heterocycles. The van der Waals surface area contributed by atoms with Crippen molar-refractivity contribution in [2.75, 3.05) is 18.0 Å². The van der Waals surface area contributed by atoms with Gasteiger partial charge < -0.3 is 14.8 Å². The van der Waals surface area contributed by atoms with Gasteiger partial charge in [-0.1, -0.05) is 0 Å². The Morgan fingerprint density at radius 2 is 1.96 bits per heavy atom. The molecule has 122 valence electrons. The van der Waals surface area contributed by atoms with E-state index in [-0.39, 0.29) is 17.8 Å². The third kappa shape index (κ3) is 4.34. The number of hydrogen-bond donors (Lipinski definition) is 1. The second-order valence-corrected chi connectivity index (χ2v) is 6.00. The van der Waals surface area contributed by atoms with Crippen molar-refractivity contribution in [2.24, 2.45) is 0 Å². The molecule has 1 atom stereocenters. The summed E-state index contributed by atoms with van der Waals surface area (Å²) in [5.41, 5.74) is 1.01. The Morgan fingerprint density at radius 3 is 2.70 bits per heavy atom. The van der Waals surface area contributed by atoms with Gasteiger partial charge in [0.25, 0.3) is 0 Å². The minimum atomic E-state index is -0.222. The maximum Gasteiger partial charge on any atom is 0.220 e. The molecular weight excluding hydrogens is 293 g/mol. The molecule has 3 rings (SSSR count). The number of rotatable bonds is 6. The van der Waals surface area contributed by atoms with Crippen molar-refractivity contribution in [1.82, 2.24) is 9.88 Å². The van der Waals surface area contributed by atoms with Crippen molar-refractivity contribution < 1.29 is 9.18 Å². The molecule has 1 fully saturated rings. The lowest BCUT2D eigenvalue weighted by atomic mass is 10.2. The van der Waals surface area contributed by atoms with E-state index in [9.17, 15) is 9.18 Å². The van der Waals surface area contributed by atoms with Crippen molar-refractivity contribution >= 4 is 11.6 Å². The molecule has 5 heteroatoms. The van der Waals surface area contributed by atoms with E-state index >= 15 is 0 Å². The molecule has 1 aliphatic heterocycles. The maximum absolute atomic E-state index is 13.0. The minimum absolute atomic E-state index is 0.114. The Morgan fingerprint density at radius 1 is 1.22 bits per heavy atom. The van der Waals surface area contributed by atoms with Gasteiger partial charge in [-0.2, -0.15) is 0 Å². The van der Waals surface area contributed by atoms with Crippen LogP contribution < -0.4 is 10.2 Å². The quantitative estimate of drug-likeness (QED) is 0.890. The lowest BCUT2D eigenvalue weighted by Gasteiger charge is -2.19. The molecule has 0 radical (unpaired) electrons. The molecule has 0 bridgehead atoms. The molecule has 2 heterocycles. The van der Waals surface area contributed by atoms with Gasteiger partial charge in [0.1, 0.15) is 5.82 Å². The van der Waals surface area contributed by atoms with Gasteiger partial charge in [0.2, 0.25) is 5.91 Å². The Balaban J connectivity index is 1.40. The fraction of sp³-hybridized carbons (Fsp3) is 0.389. The van der Waals surface area contributed by atoms with E-state index in [0.29, 0.717) is 6.42 Å². The first-order valence-corrected chi connectivity index (χ1v) is 8.11. The van der Waals surface area contributed by atoms with Crippen LogP contribution in [0.1, 0.15) is 19.3 Å². The summed E-state index contributed by atoms with van der Waals surface area (Å²) in [5.74, 6) is -0.108. The molecular formula is C18H22FN3O. The standard InChI is InChI=1S/C18H22FN3O/c19-15-5-7-17(8-6-15)22-13-9-16(14-22)20-18(23)4-3-12-21-10-1-2-11-21/h1-2,5-8,10-11,16H,3-4,9,12-14H2,(H,20,23). The number of amides is 1. The topological polar surface area (TPSA) is 37.3 Å². The van der Waals surface area contributed by atoms with E-state index in [1.54, 1.807) is 12.1 Å². The number of nitrogens with one attached hydrogen (secondary N) is 1. The molecule has 0 spiro atoms. The van der Waals surface area contributed by atoms with Crippen LogP contribution in [0.25, 0.3) is 0 Å². The van der Waals surface area contributed by atoms with Crippen molar-refractivity contribution in [3.63, 3.8) is 0 Å². The monoisotopic (exact) mass is 315 g/mol. The molecule has 1 N–H and O–H groups in total. The number of benzene rings is 1. The Hall–Kier alpha value is -2.30. The summed E-state index contributed by atoms with van der Waals surface area (Å²) < 4.78 is 15.0. The van der Waals surface area contributed by atoms with E-state index < -0.39 is 0 Å². The van der Waals surface area contributed by atoms with E-state index in [1.807, 2.05) is 24.5 Å². The van der Waals surface area contributed by atoms with Gasteiger partial charge in [-0.25, -0.2) is 4.39 Å². The summed E-state index contributed by atoms with van der Waals surface area (Å²) in [4.78, 5) is 14.2. The highest BCUT2D eigenvalue weighted by Crippen LogP contribution is 2.20. The predicted molar refractivity (Wildman–Crippen MR) is 88.8 cm³/mol. The van der Waals surface area contributed by atoms with Crippen molar-refractivity contribution in [3.05, 3.63) is 54.6 Å². The number of halogens is 1. The van der Waals surface area contributed by atoms with Crippen LogP contribution in [-0.4, -0.2) is 29.6 Å². The zero-order chi connectivity index (χ0) is 16.1. The van der Waals surface area contributed by atoms with Gasteiger partial charge >= 0.3 is 0 Å². The Bertz CT molecular complexity index is 624. The average Bonchev–Trinajstić information content (AvgIpc) is 3.20. The summed E-state index contributed by atoms with van der Waals surface area (Å²) in [6.07, 6.45) is 6.34. The summed E-state index contributed by atoms with van der Waals surface area (Å²) in [6.45, 7) is 2.54. The molecule has 1 unspecified atom stereocenters. The number of aryl methyl sites for hydroxylation is 1. The summed E-state index contributed by atoms with van der Waals surface area (Å²) in [5, 5.41) is 3.11. The number of carbonyl (C=O) groups is 1. The Kier molecular flexibility index (Phi) is 4.95. The molecule has 0 aliphatic carbocycles. The number of hydrogen-bond acceptors (Lipinski definition) is 2. The van der Waals surface area contributed by atoms with Crippen LogP contribution >= 0.6 is 0 Å². The summed E-state index contributed by atoms with van der Waals surface area (Å²) in [7, 11) is 0. The van der Waals surface area contributed by atoms with Crippen LogP contribution in [0.3, 0.4) is 0 Å². The SMILES string of the molecule is O=C(CCCn1cccc1)NC1CCN(c2ccc(F)cc2)C1. The Labute approximate surface area is 135 Å². The number of nitrogens with zero attached hydrogens (tertiary/aromatic N) is 2. The molecule has 0 saturated carbocycles. The molecule has 2 aromatic rings. The maximum atomic E-state index is 13.0. The van der Waals surface area contributed by atoms with Crippen LogP contribution in [0.2, 0.25) is 0 Å². The lowest BCUT2D eigenvalue weighted by molar-refractivity contribution is -0.121. The van der Waals surface area contributed by atoms with Gasteiger partial charge in [0, 0.05) is 50.2 Å². The first-order valence-electron chi connectivity index (χ1n) is 8.11. The molecule has 1 aromatic heterocycles. The van der Waals surface area contributed by atoms with Crippen LogP contribution in [0.15, 0.2) is 48.8 Å². The normalized spacial score (nSPS) is 17.4. The van der Waals surface area contributed by atoms with Gasteiger partial charge in [-0.3, -0.25) is 4.79 Å². The third-order valence-electron chi connectivity index (χ3n) is 4.23. The molecule has 1 aliphatic rings. The van der Waals surface area contributed by atoms with Crippen LogP contribution in [-0.2, 0) is 11.3 Å². The first kappa shape index (κ1) is 15.6. The fourth-order valence-corrected chi connectivity index (χ4v) is 3.01. The summed E-state index contributed by atoms with van der Waals surface area (Å²) in [6, 6.07) is 10.7. The zero-order valence-corrected chi connectivity index (χ0v) is 13.1. The van der Waals surface area contributed by atoms with Crippen molar-refractivity contribution in [2.45, 2.75) is 31.8 Å². The van der Waals surface area contributed by atoms with Gasteiger partial charge in [-0.05, 0) is 49.2 Å². The van der Waals surface area contributed by atoms with Crippen LogP contribution in [0.5, 0.6) is 0 Å². The van der Waals surface area contributed by atoms with E-state index in [0.717, 1.165) is 38.2 Å². The molecule has 1 amide bonds. The average molecular weight is 315 g/mol. The highest BCUT2D eigenvalue weighted by atomic mass is 19.1. The second kappa shape index (κ2) is 7.31. The largest absolute Gasteiger partial charge is 0.369 e. The zero-order valence-electron chi connectivity index (χ0n) is 13.1. The highest BCUT2D eigenvalue weighted by molar-refractivity contribution is 5.76. The number of aromatic nitrogens is 1. The highest BCUT2D eigenvalue weighted by Gasteiger charge is 2.23. The number of anilines is 1. The van der Waals surface area contributed by atoms with E-state index in [2.05, 4.69) is 14.8 Å². The van der Waals surface area contributed by atoms with Gasteiger partial charge in [0.05, 0.1) is 0 Å². The van der Waals surface area contributed by atoms with Gasteiger partial charge in [0.15, 0.2) is 0 Å². The molecule has 1 aromatic carbocycles. The molecule has 23 heavy (non-hydrogen) atoms. The summed E-state index contributed by atoms with van der Waals surface area (Å²) >= 11 is 0. The van der Waals surface area contributed by atoms with Crippen LogP contribution in [0.4, 0.5) is 10.1 Å². The minimum Gasteiger partial charge on any atom is -0.369 e.